The van der Waals surface area contributed by atoms with Crippen LogP contribution in [0.5, 0.6) is 0 Å². The predicted molar refractivity (Wildman–Crippen MR) is 67.7 cm³/mol. The summed E-state index contributed by atoms with van der Waals surface area (Å²) in [5, 5.41) is 4.13. The molecule has 0 aliphatic heterocycles. The summed E-state index contributed by atoms with van der Waals surface area (Å²) in [6.07, 6.45) is 10.6. The quantitative estimate of drug-likeness (QED) is 0.751. The van der Waals surface area contributed by atoms with Gasteiger partial charge in [-0.1, -0.05) is 25.7 Å². The molecule has 1 aromatic rings. The Morgan fingerprint density at radius 3 is 2.65 bits per heavy atom. The van der Waals surface area contributed by atoms with Crippen LogP contribution in [0.15, 0.2) is 12.3 Å². The lowest BCUT2D eigenvalue weighted by atomic mass is 9.92. The van der Waals surface area contributed by atoms with Crippen LogP contribution in [0.3, 0.4) is 0 Å². The van der Waals surface area contributed by atoms with Crippen LogP contribution in [-0.4, -0.2) is 15.6 Å². The van der Waals surface area contributed by atoms with Crippen LogP contribution in [0.1, 0.15) is 50.6 Å². The van der Waals surface area contributed by atoms with Gasteiger partial charge in [-0.3, -0.25) is 9.48 Å². The number of carbonyl (C=O) groups is 1. The molecule has 1 aromatic heterocycles. The lowest BCUT2D eigenvalue weighted by molar-refractivity contribution is -0.123. The minimum atomic E-state index is 0.339. The van der Waals surface area contributed by atoms with Crippen molar-refractivity contribution in [3.63, 3.8) is 0 Å². The van der Waals surface area contributed by atoms with Gasteiger partial charge in [0.25, 0.3) is 0 Å². The smallest absolute Gasteiger partial charge is 0.136 e. The molecule has 1 saturated carbocycles. The third-order valence-corrected chi connectivity index (χ3v) is 3.86. The first-order valence-corrected chi connectivity index (χ1v) is 6.77. The summed E-state index contributed by atoms with van der Waals surface area (Å²) in [7, 11) is 1.94. The molecule has 3 heteroatoms. The van der Waals surface area contributed by atoms with Gasteiger partial charge in [-0.25, -0.2) is 0 Å². The number of aromatic nitrogens is 2. The zero-order valence-electron chi connectivity index (χ0n) is 10.7. The number of carbonyl (C=O) groups excluding carboxylic acids is 1. The van der Waals surface area contributed by atoms with E-state index in [0.29, 0.717) is 18.1 Å². The number of aryl methyl sites for hydroxylation is 2. The minimum Gasteiger partial charge on any atom is -0.299 e. The molecule has 1 aliphatic rings. The van der Waals surface area contributed by atoms with E-state index in [1.54, 1.807) is 6.20 Å². The highest BCUT2D eigenvalue weighted by molar-refractivity contribution is 5.81. The van der Waals surface area contributed by atoms with Gasteiger partial charge in [0.1, 0.15) is 5.78 Å². The number of ketones is 1. The highest BCUT2D eigenvalue weighted by Crippen LogP contribution is 2.24. The van der Waals surface area contributed by atoms with Crippen molar-refractivity contribution in [1.29, 1.82) is 0 Å². The van der Waals surface area contributed by atoms with Gasteiger partial charge >= 0.3 is 0 Å². The number of Topliss-reactive ketones (excluding diaryl/α,β-unsaturated/α-hetero) is 1. The van der Waals surface area contributed by atoms with Gasteiger partial charge in [-0.15, -0.1) is 0 Å². The fourth-order valence-corrected chi connectivity index (χ4v) is 2.70. The van der Waals surface area contributed by atoms with Crippen LogP contribution in [-0.2, 0) is 18.3 Å². The van der Waals surface area contributed by atoms with E-state index in [0.717, 1.165) is 25.0 Å². The Kier molecular flexibility index (Phi) is 4.35. The average molecular weight is 234 g/mol. The van der Waals surface area contributed by atoms with Gasteiger partial charge < -0.3 is 0 Å². The SMILES string of the molecule is Cn1nccc1CCC(=O)C1CCCCCC1. The second-order valence-electron chi connectivity index (χ2n) is 5.10. The van der Waals surface area contributed by atoms with Gasteiger partial charge in [0.05, 0.1) is 0 Å². The van der Waals surface area contributed by atoms with E-state index >= 15 is 0 Å². The monoisotopic (exact) mass is 234 g/mol. The first-order chi connectivity index (χ1) is 8.27. The van der Waals surface area contributed by atoms with Gasteiger partial charge in [0, 0.05) is 31.3 Å². The van der Waals surface area contributed by atoms with Crippen LogP contribution >= 0.6 is 0 Å². The van der Waals surface area contributed by atoms with Crippen molar-refractivity contribution < 1.29 is 4.79 Å². The molecule has 0 unspecified atom stereocenters. The van der Waals surface area contributed by atoms with Crippen molar-refractivity contribution in [1.82, 2.24) is 9.78 Å². The predicted octanol–water partition coefficient (Wildman–Crippen LogP) is 2.89. The lowest BCUT2D eigenvalue weighted by Crippen LogP contribution is -2.15. The second kappa shape index (κ2) is 5.99. The van der Waals surface area contributed by atoms with E-state index in [1.807, 2.05) is 17.8 Å². The molecule has 1 aliphatic carbocycles. The first kappa shape index (κ1) is 12.3. The Morgan fingerprint density at radius 2 is 2.06 bits per heavy atom. The lowest BCUT2D eigenvalue weighted by Gasteiger charge is -2.12. The van der Waals surface area contributed by atoms with Crippen molar-refractivity contribution in [2.24, 2.45) is 13.0 Å². The minimum absolute atomic E-state index is 0.339. The molecule has 94 valence electrons. The molecule has 17 heavy (non-hydrogen) atoms. The van der Waals surface area contributed by atoms with Crippen molar-refractivity contribution in [2.75, 3.05) is 0 Å². The summed E-state index contributed by atoms with van der Waals surface area (Å²) in [5.41, 5.74) is 1.16. The molecule has 0 radical (unpaired) electrons. The van der Waals surface area contributed by atoms with Gasteiger partial charge in [-0.2, -0.15) is 5.10 Å². The molecular weight excluding hydrogens is 212 g/mol. The molecule has 0 amide bonds. The zero-order valence-corrected chi connectivity index (χ0v) is 10.7. The maximum atomic E-state index is 12.1. The third-order valence-electron chi connectivity index (χ3n) is 3.86. The van der Waals surface area contributed by atoms with Crippen LogP contribution in [0.4, 0.5) is 0 Å². The first-order valence-electron chi connectivity index (χ1n) is 6.77. The molecule has 1 fully saturated rings. The third kappa shape index (κ3) is 3.42. The normalized spacial score (nSPS) is 17.9. The number of hydrogen-bond acceptors (Lipinski definition) is 2. The van der Waals surface area contributed by atoms with Crippen LogP contribution in [0.2, 0.25) is 0 Å². The highest BCUT2D eigenvalue weighted by atomic mass is 16.1. The van der Waals surface area contributed by atoms with Gasteiger partial charge in [0.2, 0.25) is 0 Å². The summed E-state index contributed by atoms with van der Waals surface area (Å²) in [6, 6.07) is 2.00. The van der Waals surface area contributed by atoms with E-state index in [2.05, 4.69) is 5.10 Å². The second-order valence-corrected chi connectivity index (χ2v) is 5.10. The largest absolute Gasteiger partial charge is 0.299 e. The van der Waals surface area contributed by atoms with E-state index in [-0.39, 0.29) is 0 Å². The topological polar surface area (TPSA) is 34.9 Å². The van der Waals surface area contributed by atoms with Crippen molar-refractivity contribution in [3.8, 4) is 0 Å². The zero-order chi connectivity index (χ0) is 12.1. The van der Waals surface area contributed by atoms with Crippen LogP contribution in [0, 0.1) is 5.92 Å². The van der Waals surface area contributed by atoms with Crippen LogP contribution < -0.4 is 0 Å². The molecule has 0 spiro atoms. The molecule has 0 aromatic carbocycles. The fourth-order valence-electron chi connectivity index (χ4n) is 2.70. The molecule has 2 rings (SSSR count). The molecule has 0 bridgehead atoms. The van der Waals surface area contributed by atoms with Crippen molar-refractivity contribution >= 4 is 5.78 Å². The Morgan fingerprint density at radius 1 is 1.35 bits per heavy atom. The summed E-state index contributed by atoms with van der Waals surface area (Å²) in [5.74, 6) is 0.804. The summed E-state index contributed by atoms with van der Waals surface area (Å²) < 4.78 is 1.86. The number of rotatable bonds is 4. The molecule has 0 atom stereocenters. The van der Waals surface area contributed by atoms with Gasteiger partial charge in [-0.05, 0) is 25.3 Å². The molecule has 1 heterocycles. The van der Waals surface area contributed by atoms with Crippen molar-refractivity contribution in [3.05, 3.63) is 18.0 Å². The summed E-state index contributed by atoms with van der Waals surface area (Å²) in [6.45, 7) is 0. The van der Waals surface area contributed by atoms with Crippen molar-refractivity contribution in [2.45, 2.75) is 51.4 Å². The Labute approximate surface area is 103 Å². The number of nitrogens with zero attached hydrogens (tertiary/aromatic N) is 2. The van der Waals surface area contributed by atoms with Crippen LogP contribution in [0.25, 0.3) is 0 Å². The Hall–Kier alpha value is -1.12. The molecule has 0 saturated heterocycles. The standard InChI is InChI=1S/C14H22N2O/c1-16-13(10-11-15-16)8-9-14(17)12-6-4-2-3-5-7-12/h10-12H,2-9H2,1H3. The summed E-state index contributed by atoms with van der Waals surface area (Å²) >= 11 is 0. The summed E-state index contributed by atoms with van der Waals surface area (Å²) in [4.78, 5) is 12.1. The average Bonchev–Trinajstić information content (AvgIpc) is 2.58. The molecule has 3 nitrogen and oxygen atoms in total. The van der Waals surface area contributed by atoms with E-state index in [9.17, 15) is 4.79 Å². The molecule has 0 N–H and O–H groups in total. The van der Waals surface area contributed by atoms with E-state index in [1.165, 1.54) is 25.7 Å². The maximum Gasteiger partial charge on any atom is 0.136 e. The van der Waals surface area contributed by atoms with E-state index in [4.69, 9.17) is 0 Å². The highest BCUT2D eigenvalue weighted by Gasteiger charge is 2.19. The number of hydrogen-bond donors (Lipinski definition) is 0. The fraction of sp³-hybridized carbons (Fsp3) is 0.714. The van der Waals surface area contributed by atoms with E-state index < -0.39 is 0 Å². The Bertz CT molecular complexity index is 362. The molecular formula is C14H22N2O. The van der Waals surface area contributed by atoms with Gasteiger partial charge in [0.15, 0.2) is 0 Å². The Balaban J connectivity index is 1.82. The maximum absolute atomic E-state index is 12.1.